The van der Waals surface area contributed by atoms with Crippen LogP contribution in [0.4, 0.5) is 17.6 Å². The summed E-state index contributed by atoms with van der Waals surface area (Å²) < 4.78 is 60.3. The van der Waals surface area contributed by atoms with Crippen LogP contribution in [0.3, 0.4) is 0 Å². The fourth-order valence-corrected chi connectivity index (χ4v) is 5.93. The van der Waals surface area contributed by atoms with E-state index in [1.54, 1.807) is 30.3 Å². The van der Waals surface area contributed by atoms with Gasteiger partial charge in [0.1, 0.15) is 11.6 Å². The van der Waals surface area contributed by atoms with Crippen LogP contribution in [0.15, 0.2) is 71.1 Å². The Morgan fingerprint density at radius 1 is 0.976 bits per heavy atom. The number of carbonyl (C=O) groups is 2. The van der Waals surface area contributed by atoms with Crippen LogP contribution >= 0.6 is 11.6 Å². The van der Waals surface area contributed by atoms with Crippen LogP contribution in [0, 0.1) is 11.7 Å². The maximum absolute atomic E-state index is 13.8. The van der Waals surface area contributed by atoms with Crippen molar-refractivity contribution in [1.29, 1.82) is 0 Å². The van der Waals surface area contributed by atoms with Crippen molar-refractivity contribution in [2.24, 2.45) is 5.92 Å². The Morgan fingerprint density at radius 2 is 1.59 bits per heavy atom. The molecule has 0 atom stereocenters. The first-order valence-corrected chi connectivity index (χ1v) is 13.5. The topological polar surface area (TPSA) is 79.5 Å². The van der Waals surface area contributed by atoms with E-state index >= 15 is 0 Å². The number of carbonyl (C=O) groups excluding carboxylic acids is 1. The standard InChI is InChI=1S/C31H26ClF4NO4/c32-25-17-24(33)15-20-16-26(41-28(20)25)18-1-5-21(6-2-18)30(12-9-23(10-13-30)31(34,35)36)22-7-3-19(4-8-22)29(40)37-14-11-27(38)39/h1-8,15-17,23H,9-14H2,(H,37,40)(H,38,39). The number of nitrogens with one attached hydrogen (secondary N) is 1. The highest BCUT2D eigenvalue weighted by Crippen LogP contribution is 2.50. The summed E-state index contributed by atoms with van der Waals surface area (Å²) in [6, 6.07) is 18.3. The molecule has 1 fully saturated rings. The van der Waals surface area contributed by atoms with E-state index in [-0.39, 0.29) is 43.7 Å². The average molecular weight is 588 g/mol. The van der Waals surface area contributed by atoms with Crippen molar-refractivity contribution in [3.63, 3.8) is 0 Å². The number of amides is 1. The Morgan fingerprint density at radius 3 is 2.17 bits per heavy atom. The Labute approximate surface area is 238 Å². The Hall–Kier alpha value is -3.85. The third-order valence-electron chi connectivity index (χ3n) is 7.88. The molecule has 1 aliphatic rings. The summed E-state index contributed by atoms with van der Waals surface area (Å²) in [4.78, 5) is 23.1. The van der Waals surface area contributed by atoms with E-state index in [1.165, 1.54) is 12.1 Å². The van der Waals surface area contributed by atoms with Crippen LogP contribution < -0.4 is 5.32 Å². The predicted octanol–water partition coefficient (Wildman–Crippen LogP) is 8.14. The molecule has 10 heteroatoms. The molecule has 0 aliphatic heterocycles. The largest absolute Gasteiger partial charge is 0.481 e. The third kappa shape index (κ3) is 5.95. The zero-order valence-electron chi connectivity index (χ0n) is 21.7. The van der Waals surface area contributed by atoms with Gasteiger partial charge in [0.2, 0.25) is 0 Å². The Balaban J connectivity index is 1.45. The van der Waals surface area contributed by atoms with Crippen LogP contribution in [-0.4, -0.2) is 29.7 Å². The fourth-order valence-electron chi connectivity index (χ4n) is 5.68. The number of halogens is 5. The van der Waals surface area contributed by atoms with Crippen molar-refractivity contribution in [3.05, 3.63) is 94.3 Å². The number of benzene rings is 3. The molecule has 0 radical (unpaired) electrons. The van der Waals surface area contributed by atoms with Gasteiger partial charge in [0.15, 0.2) is 5.58 Å². The first-order chi connectivity index (χ1) is 19.5. The fraction of sp³-hybridized carbons (Fsp3) is 0.290. The molecule has 2 N–H and O–H groups in total. The molecule has 5 nitrogen and oxygen atoms in total. The number of furan rings is 1. The molecular weight excluding hydrogens is 562 g/mol. The van der Waals surface area contributed by atoms with E-state index in [0.717, 1.165) is 11.1 Å². The van der Waals surface area contributed by atoms with Gasteiger partial charge < -0.3 is 14.8 Å². The minimum absolute atomic E-state index is 0.0165. The molecule has 41 heavy (non-hydrogen) atoms. The summed E-state index contributed by atoms with van der Waals surface area (Å²) in [5.41, 5.74) is 2.31. The monoisotopic (exact) mass is 587 g/mol. The number of hydrogen-bond acceptors (Lipinski definition) is 3. The molecule has 0 unspecified atom stereocenters. The van der Waals surface area contributed by atoms with Crippen molar-refractivity contribution >= 4 is 34.4 Å². The van der Waals surface area contributed by atoms with Crippen LogP contribution in [0.5, 0.6) is 0 Å². The summed E-state index contributed by atoms with van der Waals surface area (Å²) in [5, 5.41) is 12.0. The predicted molar refractivity (Wildman–Crippen MR) is 146 cm³/mol. The SMILES string of the molecule is O=C(O)CCNC(=O)c1ccc(C2(c3ccc(-c4cc5cc(F)cc(Cl)c5o4)cc3)CCC(C(F)(F)F)CC2)cc1. The summed E-state index contributed by atoms with van der Waals surface area (Å²) in [6.07, 6.45) is -4.01. The van der Waals surface area contributed by atoms with Crippen LogP contribution in [0.25, 0.3) is 22.3 Å². The molecule has 3 aromatic carbocycles. The van der Waals surface area contributed by atoms with Crippen molar-refractivity contribution in [3.8, 4) is 11.3 Å². The van der Waals surface area contributed by atoms with Gasteiger partial charge in [-0.25, -0.2) is 4.39 Å². The average Bonchev–Trinajstić information content (AvgIpc) is 3.37. The van der Waals surface area contributed by atoms with Gasteiger partial charge in [-0.1, -0.05) is 48.0 Å². The highest BCUT2D eigenvalue weighted by atomic mass is 35.5. The minimum Gasteiger partial charge on any atom is -0.481 e. The van der Waals surface area contributed by atoms with Gasteiger partial charge >= 0.3 is 12.1 Å². The number of carboxylic acids is 1. The second-order valence-corrected chi connectivity index (χ2v) is 10.8. The van der Waals surface area contributed by atoms with Gasteiger partial charge in [0, 0.05) is 28.5 Å². The van der Waals surface area contributed by atoms with Gasteiger partial charge in [-0.3, -0.25) is 9.59 Å². The highest BCUT2D eigenvalue weighted by molar-refractivity contribution is 6.34. The number of carboxylic acid groups (broad SMARTS) is 1. The lowest BCUT2D eigenvalue weighted by Gasteiger charge is -2.42. The number of hydrogen-bond donors (Lipinski definition) is 2. The van der Waals surface area contributed by atoms with Crippen LogP contribution in [0.1, 0.15) is 53.6 Å². The van der Waals surface area contributed by atoms with E-state index in [9.17, 15) is 27.2 Å². The van der Waals surface area contributed by atoms with E-state index in [2.05, 4.69) is 5.32 Å². The van der Waals surface area contributed by atoms with Gasteiger partial charge in [-0.05, 0) is 67.1 Å². The second-order valence-electron chi connectivity index (χ2n) is 10.4. The number of rotatable bonds is 7. The quantitative estimate of drug-likeness (QED) is 0.214. The van der Waals surface area contributed by atoms with Gasteiger partial charge in [0.05, 0.1) is 17.4 Å². The highest BCUT2D eigenvalue weighted by Gasteiger charge is 2.47. The van der Waals surface area contributed by atoms with Gasteiger partial charge in [0.25, 0.3) is 5.91 Å². The molecule has 1 amide bonds. The molecule has 1 aliphatic carbocycles. The molecule has 5 rings (SSSR count). The normalized spacial score (nSPS) is 19.3. The Bertz CT molecular complexity index is 1570. The second kappa shape index (κ2) is 11.2. The molecule has 1 heterocycles. The molecule has 0 saturated heterocycles. The zero-order chi connectivity index (χ0) is 29.4. The van der Waals surface area contributed by atoms with E-state index in [0.29, 0.717) is 27.9 Å². The summed E-state index contributed by atoms with van der Waals surface area (Å²) in [6.45, 7) is -0.0165. The third-order valence-corrected chi connectivity index (χ3v) is 8.16. The van der Waals surface area contributed by atoms with Crippen molar-refractivity contribution in [2.75, 3.05) is 6.54 Å². The molecule has 0 bridgehead atoms. The Kier molecular flexibility index (Phi) is 7.83. The maximum atomic E-state index is 13.8. The van der Waals surface area contributed by atoms with Gasteiger partial charge in [-0.2, -0.15) is 13.2 Å². The lowest BCUT2D eigenvalue weighted by Crippen LogP contribution is -2.37. The molecular formula is C31H26ClF4NO4. The summed E-state index contributed by atoms with van der Waals surface area (Å²) in [5.74, 6) is -2.84. The van der Waals surface area contributed by atoms with Crippen LogP contribution in [-0.2, 0) is 10.2 Å². The summed E-state index contributed by atoms with van der Waals surface area (Å²) in [7, 11) is 0. The van der Waals surface area contributed by atoms with E-state index in [4.69, 9.17) is 21.1 Å². The molecule has 0 spiro atoms. The molecule has 4 aromatic rings. The number of aliphatic carboxylic acids is 1. The van der Waals surface area contributed by atoms with Crippen molar-refractivity contribution in [2.45, 2.75) is 43.7 Å². The molecule has 1 aromatic heterocycles. The maximum Gasteiger partial charge on any atom is 0.391 e. The minimum atomic E-state index is -4.27. The molecule has 1 saturated carbocycles. The lowest BCUT2D eigenvalue weighted by molar-refractivity contribution is -0.184. The first-order valence-electron chi connectivity index (χ1n) is 13.1. The number of fused-ring (bicyclic) bond motifs is 1. The number of alkyl halides is 3. The first kappa shape index (κ1) is 28.7. The summed E-state index contributed by atoms with van der Waals surface area (Å²) >= 11 is 6.13. The van der Waals surface area contributed by atoms with Crippen molar-refractivity contribution in [1.82, 2.24) is 5.32 Å². The van der Waals surface area contributed by atoms with Crippen LogP contribution in [0.2, 0.25) is 5.02 Å². The van der Waals surface area contributed by atoms with Gasteiger partial charge in [-0.15, -0.1) is 0 Å². The van der Waals surface area contributed by atoms with E-state index < -0.39 is 35.2 Å². The smallest absolute Gasteiger partial charge is 0.391 e. The lowest BCUT2D eigenvalue weighted by atomic mass is 9.63. The molecule has 214 valence electrons. The van der Waals surface area contributed by atoms with Crippen molar-refractivity contribution < 1.29 is 36.7 Å². The van der Waals surface area contributed by atoms with E-state index in [1.807, 2.05) is 24.3 Å². The zero-order valence-corrected chi connectivity index (χ0v) is 22.5.